The summed E-state index contributed by atoms with van der Waals surface area (Å²) in [5, 5.41) is 8.32. The van der Waals surface area contributed by atoms with Crippen LogP contribution in [0.4, 0.5) is 5.13 Å². The Balaban J connectivity index is 1.05. The van der Waals surface area contributed by atoms with Crippen molar-refractivity contribution in [3.63, 3.8) is 0 Å². The third-order valence-electron chi connectivity index (χ3n) is 8.37. The summed E-state index contributed by atoms with van der Waals surface area (Å²) in [7, 11) is 1.59. The van der Waals surface area contributed by atoms with E-state index in [0.717, 1.165) is 53.6 Å². The number of rotatable bonds is 8. The van der Waals surface area contributed by atoms with Crippen molar-refractivity contribution in [2.24, 2.45) is 17.8 Å². The summed E-state index contributed by atoms with van der Waals surface area (Å²) in [6.07, 6.45) is 9.83. The van der Waals surface area contributed by atoms with Crippen LogP contribution < -0.4 is 9.64 Å². The molecule has 2 unspecified atom stereocenters. The van der Waals surface area contributed by atoms with Crippen molar-refractivity contribution in [1.29, 1.82) is 0 Å². The van der Waals surface area contributed by atoms with E-state index in [4.69, 9.17) is 42.2 Å². The van der Waals surface area contributed by atoms with Crippen molar-refractivity contribution in [1.82, 2.24) is 15.1 Å². The van der Waals surface area contributed by atoms with Crippen LogP contribution in [-0.4, -0.2) is 46.9 Å². The first-order valence-electron chi connectivity index (χ1n) is 14.7. The lowest BCUT2D eigenvalue weighted by molar-refractivity contribution is 0.00692. The molecule has 2 atom stereocenters. The van der Waals surface area contributed by atoms with Gasteiger partial charge in [-0.05, 0) is 69.6 Å². The minimum Gasteiger partial charge on any atom is -0.497 e. The number of anilines is 1. The van der Waals surface area contributed by atoms with Crippen LogP contribution in [0.2, 0.25) is 10.0 Å². The Hall–Kier alpha value is -3.40. The number of ether oxygens (including phenoxy) is 2. The van der Waals surface area contributed by atoms with Gasteiger partial charge in [0.15, 0.2) is 5.13 Å². The van der Waals surface area contributed by atoms with Crippen LogP contribution in [0.15, 0.2) is 46.6 Å². The van der Waals surface area contributed by atoms with E-state index in [9.17, 15) is 4.79 Å². The molecule has 7 rings (SSSR count). The van der Waals surface area contributed by atoms with Crippen molar-refractivity contribution >= 4 is 51.7 Å². The quantitative estimate of drug-likeness (QED) is 0.176. The molecule has 3 aliphatic rings. The fourth-order valence-electron chi connectivity index (χ4n) is 6.01. The topological polar surface area (TPSA) is 90.6 Å². The number of halogens is 2. The van der Waals surface area contributed by atoms with Gasteiger partial charge in [0.05, 0.1) is 28.4 Å². The highest BCUT2D eigenvalue weighted by Gasteiger charge is 2.54. The number of hydrogen-bond donors (Lipinski definition) is 0. The van der Waals surface area contributed by atoms with Gasteiger partial charge in [-0.25, -0.2) is 9.78 Å². The lowest BCUT2D eigenvalue weighted by Crippen LogP contribution is -2.24. The molecule has 0 amide bonds. The predicted molar refractivity (Wildman–Crippen MR) is 173 cm³/mol. The molecule has 0 N–H and O–H groups in total. The summed E-state index contributed by atoms with van der Waals surface area (Å²) in [5.41, 5.74) is 3.80. The van der Waals surface area contributed by atoms with Crippen molar-refractivity contribution in [3.05, 3.63) is 69.0 Å². The Morgan fingerprint density at radius 2 is 1.84 bits per heavy atom. The summed E-state index contributed by atoms with van der Waals surface area (Å²) >= 11 is 14.6. The molecule has 0 radical (unpaired) electrons. The average molecular weight is 652 g/mol. The van der Waals surface area contributed by atoms with Crippen molar-refractivity contribution in [3.8, 4) is 28.3 Å². The van der Waals surface area contributed by atoms with E-state index in [2.05, 4.69) is 27.2 Å². The van der Waals surface area contributed by atoms with Crippen LogP contribution in [0.3, 0.4) is 0 Å². The Morgan fingerprint density at radius 3 is 2.50 bits per heavy atom. The SMILES string of the molecule is COc1cc(C(=O)OC(C)(C)C)cc(-c2csc(N3CC4C(/C=C/c5c(-c6c(Cl)cncc6Cl)noc5C5CC5)C4C3)n2)c1. The maximum absolute atomic E-state index is 12.8. The lowest BCUT2D eigenvalue weighted by Gasteiger charge is -2.20. The molecule has 44 heavy (non-hydrogen) atoms. The standard InChI is InChI=1S/C33H32Cl2N4O4S/c1-33(2,3)42-31(40)19-9-18(10-20(11-19)41-4)27-16-44-32(37-27)39-14-23-21(24(23)15-39)7-8-22-29(38-43-30(22)17-5-6-17)28-25(34)12-36-13-26(28)35/h7-13,16-17,21,23-24H,5-6,14-15H2,1-4H3/b8-7+. The highest BCUT2D eigenvalue weighted by Crippen LogP contribution is 2.54. The third-order valence-corrected chi connectivity index (χ3v) is 9.85. The van der Waals surface area contributed by atoms with E-state index in [0.29, 0.717) is 56.3 Å². The maximum atomic E-state index is 12.8. The fourth-order valence-corrected chi connectivity index (χ4v) is 7.41. The Kier molecular flexibility index (Phi) is 7.46. The zero-order valence-electron chi connectivity index (χ0n) is 24.8. The molecule has 0 spiro atoms. The van der Waals surface area contributed by atoms with Gasteiger partial charge in [0.2, 0.25) is 0 Å². The number of pyridine rings is 1. The summed E-state index contributed by atoms with van der Waals surface area (Å²) in [6.45, 7) is 7.45. The summed E-state index contributed by atoms with van der Waals surface area (Å²) < 4.78 is 16.9. The summed E-state index contributed by atoms with van der Waals surface area (Å²) in [6, 6.07) is 5.41. The second-order valence-electron chi connectivity index (χ2n) is 12.7. The highest BCUT2D eigenvalue weighted by molar-refractivity contribution is 7.14. The van der Waals surface area contributed by atoms with Crippen LogP contribution in [0, 0.1) is 17.8 Å². The molecule has 2 aliphatic carbocycles. The number of methoxy groups -OCH3 is 1. The molecular formula is C33H32Cl2N4O4S. The van der Waals surface area contributed by atoms with Crippen LogP contribution in [-0.2, 0) is 4.74 Å². The van der Waals surface area contributed by atoms with Crippen LogP contribution in [0.25, 0.3) is 28.6 Å². The Bertz CT molecular complexity index is 1740. The van der Waals surface area contributed by atoms with E-state index in [1.54, 1.807) is 36.9 Å². The average Bonchev–Trinajstić information content (AvgIpc) is 3.71. The van der Waals surface area contributed by atoms with Crippen LogP contribution in [0.1, 0.15) is 61.2 Å². The minimum atomic E-state index is -0.587. The molecule has 1 saturated heterocycles. The molecule has 8 nitrogen and oxygen atoms in total. The van der Waals surface area contributed by atoms with Gasteiger partial charge < -0.3 is 18.9 Å². The number of esters is 1. The van der Waals surface area contributed by atoms with Gasteiger partial charge in [0, 0.05) is 53.5 Å². The van der Waals surface area contributed by atoms with Gasteiger partial charge in [0.1, 0.15) is 22.8 Å². The van der Waals surface area contributed by atoms with Gasteiger partial charge >= 0.3 is 5.97 Å². The molecule has 11 heteroatoms. The zero-order valence-corrected chi connectivity index (χ0v) is 27.2. The van der Waals surface area contributed by atoms with E-state index < -0.39 is 5.60 Å². The summed E-state index contributed by atoms with van der Waals surface area (Å²) in [5.74, 6) is 3.12. The monoisotopic (exact) mass is 650 g/mol. The molecule has 1 aliphatic heterocycles. The van der Waals surface area contributed by atoms with Crippen LogP contribution in [0.5, 0.6) is 5.75 Å². The molecule has 4 heterocycles. The largest absolute Gasteiger partial charge is 0.497 e. The number of carbonyl (C=O) groups is 1. The van der Waals surface area contributed by atoms with Crippen molar-refractivity contribution < 1.29 is 18.8 Å². The first kappa shape index (κ1) is 29.3. The molecule has 3 fully saturated rings. The van der Waals surface area contributed by atoms with Gasteiger partial charge in [0.25, 0.3) is 0 Å². The fraction of sp³-hybridized carbons (Fsp3) is 0.394. The number of allylic oxidation sites excluding steroid dienone is 1. The van der Waals surface area contributed by atoms with E-state index in [1.165, 1.54) is 0 Å². The number of piperidine rings is 1. The predicted octanol–water partition coefficient (Wildman–Crippen LogP) is 8.40. The number of nitrogens with zero attached hydrogens (tertiary/aromatic N) is 4. The highest BCUT2D eigenvalue weighted by atomic mass is 35.5. The first-order valence-corrected chi connectivity index (χ1v) is 16.3. The molecule has 0 bridgehead atoms. The second kappa shape index (κ2) is 11.2. The zero-order chi connectivity index (χ0) is 30.7. The van der Waals surface area contributed by atoms with Gasteiger partial charge in [-0.1, -0.05) is 40.5 Å². The normalized spacial score (nSPS) is 21.1. The minimum absolute atomic E-state index is 0.388. The van der Waals surface area contributed by atoms with Gasteiger partial charge in [-0.3, -0.25) is 4.98 Å². The number of carbonyl (C=O) groups excluding carboxylic acids is 1. The molecule has 4 aromatic rings. The van der Waals surface area contributed by atoms with Gasteiger partial charge in [-0.15, -0.1) is 11.3 Å². The van der Waals surface area contributed by atoms with E-state index in [-0.39, 0.29) is 5.97 Å². The first-order chi connectivity index (χ1) is 21.1. The second-order valence-corrected chi connectivity index (χ2v) is 14.3. The number of hydrogen-bond acceptors (Lipinski definition) is 9. The van der Waals surface area contributed by atoms with Gasteiger partial charge in [-0.2, -0.15) is 0 Å². The van der Waals surface area contributed by atoms with Crippen molar-refractivity contribution in [2.75, 3.05) is 25.1 Å². The Morgan fingerprint density at radius 1 is 1.11 bits per heavy atom. The van der Waals surface area contributed by atoms with Crippen molar-refractivity contribution in [2.45, 2.75) is 45.1 Å². The summed E-state index contributed by atoms with van der Waals surface area (Å²) in [4.78, 5) is 24.2. The molecule has 3 aromatic heterocycles. The number of benzene rings is 1. The van der Waals surface area contributed by atoms with Crippen LogP contribution >= 0.6 is 34.5 Å². The Labute approximate surface area is 270 Å². The lowest BCUT2D eigenvalue weighted by atomic mass is 10.0. The molecule has 228 valence electrons. The molecular weight excluding hydrogens is 619 g/mol. The van der Waals surface area contributed by atoms with E-state index >= 15 is 0 Å². The molecule has 2 saturated carbocycles. The molecule has 1 aromatic carbocycles. The van der Waals surface area contributed by atoms with E-state index in [1.807, 2.05) is 38.3 Å². The smallest absolute Gasteiger partial charge is 0.338 e. The third kappa shape index (κ3) is 5.73. The number of aromatic nitrogens is 3. The number of fused-ring (bicyclic) bond motifs is 1. The number of thiazole rings is 1. The maximum Gasteiger partial charge on any atom is 0.338 e.